The number of carbonyl (C=O) groups is 3. The molecule has 0 aliphatic rings. The molecule has 116 valence electrons. The second-order valence-electron chi connectivity index (χ2n) is 4.59. The SMILES string of the molecule is COC(=O)C(=O)C(C)C(=O)C(C)=c1[nH]c2nnc(N)n2c1=O. The second kappa shape index (κ2) is 5.39. The predicted octanol–water partition coefficient (Wildman–Crippen LogP) is -2.16. The fourth-order valence-corrected chi connectivity index (χ4v) is 1.95. The molecule has 1 atom stereocenters. The van der Waals surface area contributed by atoms with Crippen LogP contribution in [0, 0.1) is 5.92 Å². The number of esters is 1. The molecule has 3 N–H and O–H groups in total. The van der Waals surface area contributed by atoms with Crippen LogP contribution in [0.25, 0.3) is 11.4 Å². The van der Waals surface area contributed by atoms with Gasteiger partial charge in [0.15, 0.2) is 5.78 Å². The van der Waals surface area contributed by atoms with Crippen LogP contribution in [0.4, 0.5) is 5.95 Å². The average Bonchev–Trinajstić information content (AvgIpc) is 3.04. The molecule has 0 aromatic carbocycles. The highest BCUT2D eigenvalue weighted by Crippen LogP contribution is 2.08. The molecule has 0 saturated carbocycles. The first kappa shape index (κ1) is 15.4. The first-order valence-corrected chi connectivity index (χ1v) is 6.19. The third-order valence-corrected chi connectivity index (χ3v) is 3.26. The van der Waals surface area contributed by atoms with Crippen molar-refractivity contribution in [1.29, 1.82) is 0 Å². The van der Waals surface area contributed by atoms with E-state index >= 15 is 0 Å². The van der Waals surface area contributed by atoms with Gasteiger partial charge in [0.25, 0.3) is 11.3 Å². The number of nitrogens with zero attached hydrogens (tertiary/aromatic N) is 3. The van der Waals surface area contributed by atoms with Crippen molar-refractivity contribution in [2.45, 2.75) is 13.8 Å². The number of ketones is 2. The fraction of sp³-hybridized carbons (Fsp3) is 0.333. The van der Waals surface area contributed by atoms with Gasteiger partial charge in [0, 0.05) is 5.57 Å². The first-order chi connectivity index (χ1) is 10.3. The van der Waals surface area contributed by atoms with Crippen molar-refractivity contribution in [1.82, 2.24) is 19.6 Å². The van der Waals surface area contributed by atoms with Crippen molar-refractivity contribution in [3.8, 4) is 0 Å². The lowest BCUT2D eigenvalue weighted by atomic mass is 9.96. The summed E-state index contributed by atoms with van der Waals surface area (Å²) >= 11 is 0. The third kappa shape index (κ3) is 2.24. The standard InChI is InChI=1S/C12H13N5O5/c1-4(7(18)5(2)8(19)10(21)22-3)6-9(20)17-11(13)15-16-12(17)14-6/h5H,1-3H3,(H2,13,15)(H,14,16). The Labute approximate surface area is 122 Å². The van der Waals surface area contributed by atoms with Crippen molar-refractivity contribution in [2.75, 3.05) is 12.8 Å². The molecule has 0 radical (unpaired) electrons. The Bertz CT molecular complexity index is 893. The molecule has 2 heterocycles. The molecule has 0 amide bonds. The van der Waals surface area contributed by atoms with E-state index in [1.807, 2.05) is 0 Å². The number of nitrogen functional groups attached to an aromatic ring is 1. The van der Waals surface area contributed by atoms with Gasteiger partial charge in [0.1, 0.15) is 5.35 Å². The molecular weight excluding hydrogens is 294 g/mol. The van der Waals surface area contributed by atoms with Crippen LogP contribution in [0.1, 0.15) is 13.8 Å². The van der Waals surface area contributed by atoms with Gasteiger partial charge in [0.2, 0.25) is 11.7 Å². The maximum atomic E-state index is 12.2. The third-order valence-electron chi connectivity index (χ3n) is 3.26. The smallest absolute Gasteiger partial charge is 0.375 e. The van der Waals surface area contributed by atoms with Gasteiger partial charge >= 0.3 is 5.97 Å². The number of imidazole rings is 1. The molecule has 0 aliphatic heterocycles. The second-order valence-corrected chi connectivity index (χ2v) is 4.59. The molecular formula is C12H13N5O5. The molecule has 22 heavy (non-hydrogen) atoms. The number of Topliss-reactive ketones (excluding diaryl/α,β-unsaturated/α-hetero) is 2. The minimum Gasteiger partial charge on any atom is -0.463 e. The van der Waals surface area contributed by atoms with Crippen molar-refractivity contribution in [3.63, 3.8) is 0 Å². The van der Waals surface area contributed by atoms with Gasteiger partial charge in [-0.2, -0.15) is 0 Å². The molecule has 0 bridgehead atoms. The van der Waals surface area contributed by atoms with Crippen LogP contribution in [-0.2, 0) is 19.1 Å². The Morgan fingerprint density at radius 3 is 2.45 bits per heavy atom. The molecule has 0 aliphatic carbocycles. The zero-order valence-corrected chi connectivity index (χ0v) is 12.0. The van der Waals surface area contributed by atoms with Gasteiger partial charge in [-0.05, 0) is 13.8 Å². The van der Waals surface area contributed by atoms with Crippen LogP contribution in [0.5, 0.6) is 0 Å². The number of H-pyrrole nitrogens is 1. The summed E-state index contributed by atoms with van der Waals surface area (Å²) in [5, 5.41) is 7.08. The molecule has 0 spiro atoms. The minimum atomic E-state index is -1.27. The molecule has 2 aromatic heterocycles. The Hall–Kier alpha value is -3.04. The number of fused-ring (bicyclic) bond motifs is 1. The first-order valence-electron chi connectivity index (χ1n) is 6.19. The van der Waals surface area contributed by atoms with Gasteiger partial charge in [-0.25, -0.2) is 9.20 Å². The molecule has 10 nitrogen and oxygen atoms in total. The van der Waals surface area contributed by atoms with Crippen LogP contribution >= 0.6 is 0 Å². The normalized spacial score (nSPS) is 13.8. The van der Waals surface area contributed by atoms with Crippen molar-refractivity contribution < 1.29 is 19.1 Å². The lowest BCUT2D eigenvalue weighted by Crippen LogP contribution is -2.35. The van der Waals surface area contributed by atoms with E-state index in [-0.39, 0.29) is 22.6 Å². The molecule has 1 unspecified atom stereocenters. The maximum Gasteiger partial charge on any atom is 0.375 e. The van der Waals surface area contributed by atoms with E-state index in [4.69, 9.17) is 5.73 Å². The Morgan fingerprint density at radius 1 is 1.27 bits per heavy atom. The Kier molecular flexibility index (Phi) is 3.76. The number of aromatic amines is 1. The lowest BCUT2D eigenvalue weighted by Gasteiger charge is -2.07. The van der Waals surface area contributed by atoms with Gasteiger partial charge in [0.05, 0.1) is 13.0 Å². The lowest BCUT2D eigenvalue weighted by molar-refractivity contribution is -0.154. The number of nitrogens with one attached hydrogen (secondary N) is 1. The number of anilines is 1. The van der Waals surface area contributed by atoms with Crippen molar-refractivity contribution >= 4 is 34.8 Å². The van der Waals surface area contributed by atoms with E-state index in [2.05, 4.69) is 19.9 Å². The van der Waals surface area contributed by atoms with Gasteiger partial charge < -0.3 is 15.5 Å². The number of rotatable bonds is 4. The summed E-state index contributed by atoms with van der Waals surface area (Å²) in [7, 11) is 1.04. The van der Waals surface area contributed by atoms with E-state index in [0.29, 0.717) is 0 Å². The highest BCUT2D eigenvalue weighted by molar-refractivity contribution is 6.41. The summed E-state index contributed by atoms with van der Waals surface area (Å²) < 4.78 is 5.28. The number of methoxy groups -OCH3 is 1. The Balaban J connectivity index is 2.52. The summed E-state index contributed by atoms with van der Waals surface area (Å²) in [4.78, 5) is 49.9. The van der Waals surface area contributed by atoms with Gasteiger partial charge in [-0.1, -0.05) is 0 Å². The van der Waals surface area contributed by atoms with Crippen LogP contribution in [-0.4, -0.2) is 44.2 Å². The van der Waals surface area contributed by atoms with Gasteiger partial charge in [-0.3, -0.25) is 14.4 Å². The van der Waals surface area contributed by atoms with Crippen molar-refractivity contribution in [3.05, 3.63) is 15.7 Å². The van der Waals surface area contributed by atoms with Crippen LogP contribution in [0.3, 0.4) is 0 Å². The van der Waals surface area contributed by atoms with E-state index in [9.17, 15) is 19.2 Å². The summed E-state index contributed by atoms with van der Waals surface area (Å²) in [6.45, 7) is 2.62. The number of ether oxygens (including phenoxy) is 1. The van der Waals surface area contributed by atoms with Crippen molar-refractivity contribution in [2.24, 2.45) is 5.92 Å². The van der Waals surface area contributed by atoms with Crippen LogP contribution < -0.4 is 16.6 Å². The van der Waals surface area contributed by atoms with E-state index in [0.717, 1.165) is 11.5 Å². The molecule has 0 fully saturated rings. The quantitative estimate of drug-likeness (QED) is 0.368. The fourth-order valence-electron chi connectivity index (χ4n) is 1.95. The molecule has 10 heteroatoms. The van der Waals surface area contributed by atoms with Crippen LogP contribution in [0.2, 0.25) is 0 Å². The number of aromatic nitrogens is 4. The highest BCUT2D eigenvalue weighted by Gasteiger charge is 2.29. The summed E-state index contributed by atoms with van der Waals surface area (Å²) in [6.07, 6.45) is 0. The number of nitrogens with two attached hydrogens (primary N) is 1. The topological polar surface area (TPSA) is 150 Å². The maximum absolute atomic E-state index is 12.2. The largest absolute Gasteiger partial charge is 0.463 e. The number of carbonyl (C=O) groups excluding carboxylic acids is 3. The molecule has 2 aromatic rings. The summed E-state index contributed by atoms with van der Waals surface area (Å²) in [5.74, 6) is -4.10. The molecule has 0 saturated heterocycles. The van der Waals surface area contributed by atoms with E-state index in [1.165, 1.54) is 13.8 Å². The molecule has 2 rings (SSSR count). The van der Waals surface area contributed by atoms with Crippen LogP contribution in [0.15, 0.2) is 4.79 Å². The zero-order chi connectivity index (χ0) is 16.6. The summed E-state index contributed by atoms with van der Waals surface area (Å²) in [6, 6.07) is 0. The van der Waals surface area contributed by atoms with Gasteiger partial charge in [-0.15, -0.1) is 10.2 Å². The zero-order valence-electron chi connectivity index (χ0n) is 12.0. The minimum absolute atomic E-state index is 0.0142. The highest BCUT2D eigenvalue weighted by atomic mass is 16.5. The predicted molar refractivity (Wildman–Crippen MR) is 73.5 cm³/mol. The monoisotopic (exact) mass is 307 g/mol. The van der Waals surface area contributed by atoms with E-state index < -0.39 is 29.0 Å². The Morgan fingerprint density at radius 2 is 1.91 bits per heavy atom. The summed E-state index contributed by atoms with van der Waals surface area (Å²) in [5.41, 5.74) is 4.87. The number of hydrogen-bond donors (Lipinski definition) is 2. The average molecular weight is 307 g/mol. The van der Waals surface area contributed by atoms with E-state index in [1.54, 1.807) is 0 Å². The number of hydrogen-bond acceptors (Lipinski definition) is 8.